The van der Waals surface area contributed by atoms with Crippen LogP contribution in [0.15, 0.2) is 71.0 Å². The molecular formula is C25H29ClFN3S. The SMILES string of the molecule is C=C(CC)NC1CC2=C(C(=C)C)[C@H](c3ccc(Cl)c(F)c3)N=C(C(S)C3(C)C=C3)N2C1. The summed E-state index contributed by atoms with van der Waals surface area (Å²) >= 11 is 10.9. The molecule has 4 rings (SSSR count). The third-order valence-corrected chi connectivity index (χ3v) is 7.46. The van der Waals surface area contributed by atoms with Crippen LogP contribution in [-0.4, -0.2) is 28.6 Å². The molecular weight excluding hydrogens is 429 g/mol. The molecule has 1 fully saturated rings. The molecule has 6 heteroatoms. The third-order valence-electron chi connectivity index (χ3n) is 6.37. The van der Waals surface area contributed by atoms with E-state index in [2.05, 4.69) is 49.4 Å². The van der Waals surface area contributed by atoms with E-state index in [9.17, 15) is 4.39 Å². The molecule has 2 unspecified atom stereocenters. The van der Waals surface area contributed by atoms with Gasteiger partial charge in [0.2, 0.25) is 0 Å². The maximum atomic E-state index is 14.4. The topological polar surface area (TPSA) is 27.6 Å². The first-order chi connectivity index (χ1) is 14.6. The summed E-state index contributed by atoms with van der Waals surface area (Å²) in [6, 6.07) is 4.83. The van der Waals surface area contributed by atoms with E-state index in [-0.39, 0.29) is 27.8 Å². The van der Waals surface area contributed by atoms with Gasteiger partial charge in [0.15, 0.2) is 0 Å². The molecule has 1 N–H and O–H groups in total. The fourth-order valence-corrected chi connectivity index (χ4v) is 4.85. The minimum absolute atomic E-state index is 0.0815. The highest BCUT2D eigenvalue weighted by Gasteiger charge is 2.46. The zero-order valence-corrected chi connectivity index (χ0v) is 19.9. The van der Waals surface area contributed by atoms with Crippen LogP contribution in [0.1, 0.15) is 45.2 Å². The number of hydrogen-bond donors (Lipinski definition) is 2. The van der Waals surface area contributed by atoms with E-state index in [1.807, 2.05) is 13.0 Å². The van der Waals surface area contributed by atoms with E-state index < -0.39 is 5.82 Å². The first-order valence-corrected chi connectivity index (χ1v) is 11.6. The zero-order chi connectivity index (χ0) is 22.5. The Kier molecular flexibility index (Phi) is 5.86. The summed E-state index contributed by atoms with van der Waals surface area (Å²) < 4.78 is 14.4. The third kappa shape index (κ3) is 4.10. The maximum Gasteiger partial charge on any atom is 0.142 e. The Morgan fingerprint density at radius 3 is 2.71 bits per heavy atom. The number of fused-ring (bicyclic) bond motifs is 1. The Labute approximate surface area is 194 Å². The molecule has 3 aliphatic rings. The lowest BCUT2D eigenvalue weighted by Crippen LogP contribution is -2.43. The van der Waals surface area contributed by atoms with Gasteiger partial charge < -0.3 is 10.2 Å². The van der Waals surface area contributed by atoms with Crippen molar-refractivity contribution in [3.05, 3.63) is 82.5 Å². The smallest absolute Gasteiger partial charge is 0.142 e. The van der Waals surface area contributed by atoms with Crippen LogP contribution >= 0.6 is 24.2 Å². The quantitative estimate of drug-likeness (QED) is 0.375. The number of thiol groups is 1. The molecule has 2 heterocycles. The standard InChI is InChI=1S/C25H29ClFN3S/c1-6-15(4)28-17-12-20-21(14(2)3)22(16-7-8-18(26)19(27)11-16)29-24(30(20)13-17)23(31)25(5)9-10-25/h7-11,17,22-23,28,31H,2,4,6,12-13H2,1,3,5H3/t17?,22-,23?/m0/s1. The number of halogens is 2. The molecule has 1 aliphatic carbocycles. The Morgan fingerprint density at radius 1 is 1.42 bits per heavy atom. The van der Waals surface area contributed by atoms with Gasteiger partial charge in [0.25, 0.3) is 0 Å². The van der Waals surface area contributed by atoms with Gasteiger partial charge in [0.05, 0.1) is 10.3 Å². The molecule has 1 aromatic carbocycles. The monoisotopic (exact) mass is 457 g/mol. The molecule has 3 atom stereocenters. The lowest BCUT2D eigenvalue weighted by atomic mass is 9.89. The lowest BCUT2D eigenvalue weighted by molar-refractivity contribution is 0.484. The van der Waals surface area contributed by atoms with E-state index in [1.165, 1.54) is 11.8 Å². The largest absolute Gasteiger partial charge is 0.384 e. The van der Waals surface area contributed by atoms with Crippen molar-refractivity contribution in [1.29, 1.82) is 0 Å². The van der Waals surface area contributed by atoms with Gasteiger partial charge in [0.1, 0.15) is 17.7 Å². The zero-order valence-electron chi connectivity index (χ0n) is 18.3. The summed E-state index contributed by atoms with van der Waals surface area (Å²) in [7, 11) is 0. The molecule has 0 saturated carbocycles. The number of amidine groups is 1. The molecule has 3 nitrogen and oxygen atoms in total. The number of aliphatic imine (C=N–C) groups is 1. The van der Waals surface area contributed by atoms with Crippen LogP contribution in [-0.2, 0) is 0 Å². The molecule has 1 aromatic rings. The van der Waals surface area contributed by atoms with E-state index in [0.717, 1.165) is 47.6 Å². The van der Waals surface area contributed by atoms with Crippen molar-refractivity contribution >= 4 is 30.1 Å². The van der Waals surface area contributed by atoms with E-state index in [0.29, 0.717) is 0 Å². The van der Waals surface area contributed by atoms with Gasteiger partial charge in [-0.2, -0.15) is 12.6 Å². The summed E-state index contributed by atoms with van der Waals surface area (Å²) in [6.07, 6.45) is 6.03. The number of benzene rings is 1. The second kappa shape index (κ2) is 8.18. The molecule has 0 spiro atoms. The minimum atomic E-state index is -0.437. The highest BCUT2D eigenvalue weighted by molar-refractivity contribution is 7.82. The second-order valence-corrected chi connectivity index (χ2v) is 9.84. The molecule has 164 valence electrons. The fraction of sp³-hybridized carbons (Fsp3) is 0.400. The van der Waals surface area contributed by atoms with Crippen molar-refractivity contribution < 1.29 is 4.39 Å². The van der Waals surface area contributed by atoms with Gasteiger partial charge in [-0.05, 0) is 31.0 Å². The van der Waals surface area contributed by atoms with Crippen LogP contribution in [0.5, 0.6) is 0 Å². The van der Waals surface area contributed by atoms with Gasteiger partial charge in [-0.3, -0.25) is 4.99 Å². The number of rotatable bonds is 7. The Balaban J connectivity index is 1.81. The van der Waals surface area contributed by atoms with Gasteiger partial charge in [-0.15, -0.1) is 0 Å². The fourth-order valence-electron chi connectivity index (χ4n) is 4.35. The van der Waals surface area contributed by atoms with Crippen molar-refractivity contribution in [1.82, 2.24) is 10.2 Å². The molecule has 2 aliphatic heterocycles. The van der Waals surface area contributed by atoms with Gasteiger partial charge in [-0.25, -0.2) is 4.39 Å². The van der Waals surface area contributed by atoms with Crippen LogP contribution in [0.3, 0.4) is 0 Å². The van der Waals surface area contributed by atoms with Gasteiger partial charge in [0, 0.05) is 41.4 Å². The highest BCUT2D eigenvalue weighted by Crippen LogP contribution is 2.47. The van der Waals surface area contributed by atoms with Crippen LogP contribution in [0.2, 0.25) is 5.02 Å². The van der Waals surface area contributed by atoms with Crippen LogP contribution in [0.4, 0.5) is 4.39 Å². The van der Waals surface area contributed by atoms with Crippen molar-refractivity contribution in [2.45, 2.75) is 50.9 Å². The first kappa shape index (κ1) is 22.2. The summed E-state index contributed by atoms with van der Waals surface area (Å²) in [6.45, 7) is 15.4. The summed E-state index contributed by atoms with van der Waals surface area (Å²) in [5.41, 5.74) is 4.87. The van der Waals surface area contributed by atoms with E-state index in [4.69, 9.17) is 29.2 Å². The van der Waals surface area contributed by atoms with Crippen LogP contribution in [0, 0.1) is 11.2 Å². The molecule has 0 amide bonds. The van der Waals surface area contributed by atoms with Crippen LogP contribution in [0.25, 0.3) is 0 Å². The Hall–Kier alpha value is -1.98. The lowest BCUT2D eigenvalue weighted by Gasteiger charge is -2.37. The van der Waals surface area contributed by atoms with Crippen molar-refractivity contribution in [2.75, 3.05) is 6.54 Å². The predicted molar refractivity (Wildman–Crippen MR) is 131 cm³/mol. The molecule has 0 bridgehead atoms. The minimum Gasteiger partial charge on any atom is -0.384 e. The molecule has 31 heavy (non-hydrogen) atoms. The van der Waals surface area contributed by atoms with E-state index in [1.54, 1.807) is 6.07 Å². The van der Waals surface area contributed by atoms with Crippen molar-refractivity contribution in [3.8, 4) is 0 Å². The van der Waals surface area contributed by atoms with Crippen LogP contribution < -0.4 is 5.32 Å². The Morgan fingerprint density at radius 2 is 2.13 bits per heavy atom. The van der Waals surface area contributed by atoms with Gasteiger partial charge >= 0.3 is 0 Å². The first-order valence-electron chi connectivity index (χ1n) is 10.7. The predicted octanol–water partition coefficient (Wildman–Crippen LogP) is 6.22. The number of allylic oxidation sites excluding steroid dienone is 3. The molecule has 0 aromatic heterocycles. The normalized spacial score (nSPS) is 24.6. The highest BCUT2D eigenvalue weighted by atomic mass is 35.5. The second-order valence-electron chi connectivity index (χ2n) is 8.92. The maximum absolute atomic E-state index is 14.4. The number of nitrogens with one attached hydrogen (secondary N) is 1. The van der Waals surface area contributed by atoms with Crippen molar-refractivity contribution in [3.63, 3.8) is 0 Å². The molecule has 1 saturated heterocycles. The average molecular weight is 458 g/mol. The molecule has 0 radical (unpaired) electrons. The van der Waals surface area contributed by atoms with Crippen molar-refractivity contribution in [2.24, 2.45) is 10.4 Å². The average Bonchev–Trinajstić information content (AvgIpc) is 3.34. The van der Waals surface area contributed by atoms with Gasteiger partial charge in [-0.1, -0.05) is 62.4 Å². The Bertz CT molecular complexity index is 1040. The summed E-state index contributed by atoms with van der Waals surface area (Å²) in [4.78, 5) is 7.44. The summed E-state index contributed by atoms with van der Waals surface area (Å²) in [5.74, 6) is 0.482. The summed E-state index contributed by atoms with van der Waals surface area (Å²) in [5, 5.41) is 3.59. The number of nitrogens with zero attached hydrogens (tertiary/aromatic N) is 2. The van der Waals surface area contributed by atoms with E-state index >= 15 is 0 Å². The number of hydrogen-bond acceptors (Lipinski definition) is 4.